The number of hydrogen-bond donors (Lipinski definition) is 3. The maximum Gasteiger partial charge on any atom is 0.327 e. The lowest BCUT2D eigenvalue weighted by molar-refractivity contribution is -0.140. The van der Waals surface area contributed by atoms with E-state index in [2.05, 4.69) is 5.32 Å². The minimum atomic E-state index is -1.10. The third-order valence-electron chi connectivity index (χ3n) is 1.46. The molecule has 0 fully saturated rings. The fourth-order valence-electron chi connectivity index (χ4n) is 0.747. The van der Waals surface area contributed by atoms with Crippen molar-refractivity contribution in [2.75, 3.05) is 18.1 Å². The van der Waals surface area contributed by atoms with Gasteiger partial charge in [-0.1, -0.05) is 0 Å². The Morgan fingerprint density at radius 2 is 2.27 bits per heavy atom. The van der Waals surface area contributed by atoms with Gasteiger partial charge >= 0.3 is 5.97 Å². The highest BCUT2D eigenvalue weighted by Gasteiger charge is 2.18. The zero-order chi connectivity index (χ0) is 11.7. The quantitative estimate of drug-likeness (QED) is 0.492. The van der Waals surface area contributed by atoms with Crippen LogP contribution in [0.4, 0.5) is 0 Å². The number of amides is 1. The van der Waals surface area contributed by atoms with Crippen LogP contribution < -0.4 is 11.1 Å². The van der Waals surface area contributed by atoms with E-state index in [0.29, 0.717) is 12.2 Å². The number of carbonyl (C=O) groups excluding carboxylic acids is 1. The van der Waals surface area contributed by atoms with E-state index < -0.39 is 17.9 Å². The Hall–Kier alpha value is -1.26. The molecule has 0 radical (unpaired) electrons. The molecular weight excluding hydrogens is 218 g/mol. The fraction of sp³-hybridized carbons (Fsp3) is 0.625. The molecule has 6 nitrogen and oxygen atoms in total. The second-order valence-electron chi connectivity index (χ2n) is 2.65. The lowest BCUT2D eigenvalue weighted by Crippen LogP contribution is -2.45. The number of thioether (sulfide) groups is 1. The Balaban J connectivity index is 3.90. The minimum Gasteiger partial charge on any atom is -0.480 e. The third-order valence-corrected chi connectivity index (χ3v) is 2.52. The van der Waals surface area contributed by atoms with E-state index in [1.807, 2.05) is 6.07 Å². The summed E-state index contributed by atoms with van der Waals surface area (Å²) in [4.78, 5) is 21.5. The van der Waals surface area contributed by atoms with Crippen molar-refractivity contribution in [3.05, 3.63) is 0 Å². The molecule has 0 aliphatic heterocycles. The summed E-state index contributed by atoms with van der Waals surface area (Å²) in [6, 6.07) is 1.01. The number of hydrogen-bond acceptors (Lipinski definition) is 5. The molecule has 1 unspecified atom stereocenters. The minimum absolute atomic E-state index is 0.230. The first-order chi connectivity index (χ1) is 7.11. The van der Waals surface area contributed by atoms with Crippen molar-refractivity contribution in [3.8, 4) is 6.07 Å². The number of carbonyl (C=O) groups is 2. The first-order valence-corrected chi connectivity index (χ1v) is 5.44. The molecule has 0 bridgehead atoms. The lowest BCUT2D eigenvalue weighted by Gasteiger charge is -2.12. The van der Waals surface area contributed by atoms with Gasteiger partial charge in [-0.2, -0.15) is 17.0 Å². The summed E-state index contributed by atoms with van der Waals surface area (Å²) < 4.78 is 0. The Morgan fingerprint density at radius 3 is 2.73 bits per heavy atom. The van der Waals surface area contributed by atoms with Crippen molar-refractivity contribution < 1.29 is 14.7 Å². The van der Waals surface area contributed by atoms with E-state index in [1.165, 1.54) is 11.8 Å². The predicted octanol–water partition coefficient (Wildman–Crippen LogP) is -0.839. The molecule has 4 N–H and O–H groups in total. The maximum absolute atomic E-state index is 10.9. The van der Waals surface area contributed by atoms with Gasteiger partial charge in [-0.3, -0.25) is 4.79 Å². The number of nitrogens with one attached hydrogen (secondary N) is 1. The second kappa shape index (κ2) is 8.08. The number of carboxylic acids is 1. The van der Waals surface area contributed by atoms with Crippen LogP contribution in [0.25, 0.3) is 0 Å². The van der Waals surface area contributed by atoms with E-state index in [-0.39, 0.29) is 12.3 Å². The predicted molar refractivity (Wildman–Crippen MR) is 56.2 cm³/mol. The van der Waals surface area contributed by atoms with E-state index in [1.54, 1.807) is 0 Å². The number of nitrogens with zero attached hydrogens (tertiary/aromatic N) is 1. The average molecular weight is 231 g/mol. The maximum atomic E-state index is 10.9. The number of carboxylic acid groups (broad SMARTS) is 1. The number of nitrogens with two attached hydrogens (primary N) is 1. The molecule has 0 aliphatic rings. The first kappa shape index (κ1) is 13.7. The molecule has 0 aliphatic carbocycles. The van der Waals surface area contributed by atoms with Crippen molar-refractivity contribution in [2.45, 2.75) is 12.5 Å². The van der Waals surface area contributed by atoms with E-state index in [0.717, 1.165) is 0 Å². The number of nitriles is 1. The van der Waals surface area contributed by atoms with Crippen molar-refractivity contribution in [3.63, 3.8) is 0 Å². The zero-order valence-corrected chi connectivity index (χ0v) is 8.92. The van der Waals surface area contributed by atoms with Gasteiger partial charge < -0.3 is 16.2 Å². The standard InChI is InChI=1S/C8H13N3O3S/c9-2-1-3-15-5-6(8(13)14)11-7(12)4-10/h6H,1,3-5,10H2,(H,11,12)(H,13,14). The SMILES string of the molecule is N#CCCSCC(NC(=O)CN)C(=O)O. The van der Waals surface area contributed by atoms with Crippen LogP contribution in [-0.4, -0.2) is 41.1 Å². The largest absolute Gasteiger partial charge is 0.480 e. The smallest absolute Gasteiger partial charge is 0.327 e. The van der Waals surface area contributed by atoms with Gasteiger partial charge in [0, 0.05) is 17.9 Å². The molecule has 0 saturated carbocycles. The van der Waals surface area contributed by atoms with Gasteiger partial charge in [0.25, 0.3) is 0 Å². The van der Waals surface area contributed by atoms with Crippen LogP contribution in [0.5, 0.6) is 0 Å². The summed E-state index contributed by atoms with van der Waals surface area (Å²) in [5.41, 5.74) is 5.04. The molecule has 15 heavy (non-hydrogen) atoms. The van der Waals surface area contributed by atoms with Crippen LogP contribution in [-0.2, 0) is 9.59 Å². The molecule has 1 atom stereocenters. The molecule has 0 spiro atoms. The van der Waals surface area contributed by atoms with Crippen LogP contribution >= 0.6 is 11.8 Å². The van der Waals surface area contributed by atoms with Gasteiger partial charge in [-0.05, 0) is 0 Å². The van der Waals surface area contributed by atoms with E-state index in [9.17, 15) is 9.59 Å². The van der Waals surface area contributed by atoms with Crippen LogP contribution in [0, 0.1) is 11.3 Å². The molecule has 0 rings (SSSR count). The van der Waals surface area contributed by atoms with Crippen LogP contribution in [0.3, 0.4) is 0 Å². The van der Waals surface area contributed by atoms with Crippen LogP contribution in [0.15, 0.2) is 0 Å². The van der Waals surface area contributed by atoms with Crippen LogP contribution in [0.2, 0.25) is 0 Å². The Bertz CT molecular complexity index is 264. The summed E-state index contributed by atoms with van der Waals surface area (Å²) in [6.07, 6.45) is 0.363. The molecule has 0 aromatic carbocycles. The second-order valence-corrected chi connectivity index (χ2v) is 3.80. The first-order valence-electron chi connectivity index (χ1n) is 4.28. The van der Waals surface area contributed by atoms with Crippen molar-refractivity contribution in [1.82, 2.24) is 5.32 Å². The Labute approximate surface area is 91.8 Å². The molecule has 1 amide bonds. The van der Waals surface area contributed by atoms with Gasteiger partial charge in [0.15, 0.2) is 0 Å². The highest BCUT2D eigenvalue weighted by atomic mass is 32.2. The summed E-state index contributed by atoms with van der Waals surface area (Å²) >= 11 is 1.31. The summed E-state index contributed by atoms with van der Waals surface area (Å²) in [7, 11) is 0. The normalized spacial score (nSPS) is 11.5. The van der Waals surface area contributed by atoms with Gasteiger partial charge in [-0.15, -0.1) is 0 Å². The van der Waals surface area contributed by atoms with Gasteiger partial charge in [-0.25, -0.2) is 4.79 Å². The summed E-state index contributed by atoms with van der Waals surface area (Å²) in [6.45, 7) is -0.230. The van der Waals surface area contributed by atoms with Crippen LogP contribution in [0.1, 0.15) is 6.42 Å². The van der Waals surface area contributed by atoms with Crippen molar-refractivity contribution in [2.24, 2.45) is 5.73 Å². The van der Waals surface area contributed by atoms with E-state index in [4.69, 9.17) is 16.1 Å². The van der Waals surface area contributed by atoms with Crippen molar-refractivity contribution in [1.29, 1.82) is 5.26 Å². The number of rotatable bonds is 7. The van der Waals surface area contributed by atoms with Gasteiger partial charge in [0.05, 0.1) is 12.6 Å². The Kier molecular flexibility index (Phi) is 7.40. The highest BCUT2D eigenvalue weighted by Crippen LogP contribution is 2.04. The topological polar surface area (TPSA) is 116 Å². The monoisotopic (exact) mass is 231 g/mol. The molecule has 84 valence electrons. The zero-order valence-electron chi connectivity index (χ0n) is 8.10. The average Bonchev–Trinajstić information content (AvgIpc) is 2.21. The van der Waals surface area contributed by atoms with E-state index >= 15 is 0 Å². The highest BCUT2D eigenvalue weighted by molar-refractivity contribution is 7.99. The molecular formula is C8H13N3O3S. The van der Waals surface area contributed by atoms with Gasteiger partial charge in [0.1, 0.15) is 6.04 Å². The van der Waals surface area contributed by atoms with Gasteiger partial charge in [0.2, 0.25) is 5.91 Å². The fourth-order valence-corrected chi connectivity index (χ4v) is 1.61. The Morgan fingerprint density at radius 1 is 1.60 bits per heavy atom. The summed E-state index contributed by atoms with van der Waals surface area (Å²) in [5.74, 6) is -0.800. The molecule has 0 aromatic heterocycles. The number of aliphatic carboxylic acids is 1. The van der Waals surface area contributed by atoms with Crippen molar-refractivity contribution >= 4 is 23.6 Å². The molecule has 7 heteroatoms. The molecule has 0 heterocycles. The molecule has 0 aromatic rings. The molecule has 0 saturated heterocycles. The lowest BCUT2D eigenvalue weighted by atomic mass is 10.3. The summed E-state index contributed by atoms with van der Waals surface area (Å²) in [5, 5.41) is 19.3. The third kappa shape index (κ3) is 6.76.